The molecule has 14 heavy (non-hydrogen) atoms. The quantitative estimate of drug-likeness (QED) is 0.724. The number of nitriles is 1. The Labute approximate surface area is 84.5 Å². The molecule has 0 aromatic heterocycles. The number of hydrogen-bond donors (Lipinski definition) is 0. The van der Waals surface area contributed by atoms with Crippen LogP contribution in [-0.4, -0.2) is 27.3 Å². The highest BCUT2D eigenvalue weighted by atomic mass is 16.5. The molecule has 74 valence electrons. The van der Waals surface area contributed by atoms with Gasteiger partial charge in [0.05, 0.1) is 17.9 Å². The van der Waals surface area contributed by atoms with Crippen LogP contribution in [0.5, 0.6) is 0 Å². The average Bonchev–Trinajstić information content (AvgIpc) is 2.25. The minimum Gasteiger partial charge on any atom is -0.383 e. The molecule has 0 aliphatic heterocycles. The second kappa shape index (κ2) is 5.25. The Balaban J connectivity index is 2.79. The molecule has 0 radical (unpaired) electrons. The van der Waals surface area contributed by atoms with Crippen molar-refractivity contribution in [3.8, 4) is 6.07 Å². The van der Waals surface area contributed by atoms with Gasteiger partial charge < -0.3 is 9.64 Å². The van der Waals surface area contributed by atoms with Crippen molar-refractivity contribution in [3.05, 3.63) is 29.8 Å². The van der Waals surface area contributed by atoms with E-state index in [0.29, 0.717) is 12.2 Å². The molecule has 0 bridgehead atoms. The Bertz CT molecular complexity index is 330. The number of benzene rings is 1. The Kier molecular flexibility index (Phi) is 3.96. The first kappa shape index (κ1) is 10.6. The lowest BCUT2D eigenvalue weighted by Gasteiger charge is -2.19. The summed E-state index contributed by atoms with van der Waals surface area (Å²) >= 11 is 0. The van der Waals surface area contributed by atoms with Gasteiger partial charge in [-0.2, -0.15) is 5.26 Å². The standard InChI is InChI=1S/C11H14N2O/c1-13(7-8-14-2)11-6-4-3-5-10(11)9-12/h3-6H,7-8H2,1-2H3. The van der Waals surface area contributed by atoms with Gasteiger partial charge in [-0.3, -0.25) is 0 Å². The molecular formula is C11H14N2O. The number of rotatable bonds is 4. The van der Waals surface area contributed by atoms with Gasteiger partial charge in [-0.15, -0.1) is 0 Å². The predicted molar refractivity (Wildman–Crippen MR) is 56.3 cm³/mol. The molecule has 0 saturated carbocycles. The zero-order valence-corrected chi connectivity index (χ0v) is 8.53. The minimum atomic E-state index is 0.663. The largest absolute Gasteiger partial charge is 0.383 e. The van der Waals surface area contributed by atoms with Crippen LogP contribution in [0.3, 0.4) is 0 Å². The van der Waals surface area contributed by atoms with E-state index in [-0.39, 0.29) is 0 Å². The van der Waals surface area contributed by atoms with E-state index in [4.69, 9.17) is 10.00 Å². The molecular weight excluding hydrogens is 176 g/mol. The molecule has 0 unspecified atom stereocenters. The molecule has 1 rings (SSSR count). The lowest BCUT2D eigenvalue weighted by atomic mass is 10.2. The van der Waals surface area contributed by atoms with Crippen LogP contribution in [0.4, 0.5) is 5.69 Å². The van der Waals surface area contributed by atoms with Crippen LogP contribution >= 0.6 is 0 Å². The molecule has 3 nitrogen and oxygen atoms in total. The average molecular weight is 190 g/mol. The number of hydrogen-bond acceptors (Lipinski definition) is 3. The van der Waals surface area contributed by atoms with Crippen molar-refractivity contribution in [2.45, 2.75) is 0 Å². The summed E-state index contributed by atoms with van der Waals surface area (Å²) in [5, 5.41) is 8.88. The first-order chi connectivity index (χ1) is 6.79. The summed E-state index contributed by atoms with van der Waals surface area (Å²) in [7, 11) is 3.62. The van der Waals surface area contributed by atoms with Crippen LogP contribution in [0.1, 0.15) is 5.56 Å². The fourth-order valence-corrected chi connectivity index (χ4v) is 1.25. The molecule has 0 spiro atoms. The first-order valence-electron chi connectivity index (χ1n) is 4.48. The summed E-state index contributed by atoms with van der Waals surface area (Å²) in [6, 6.07) is 9.72. The highest BCUT2D eigenvalue weighted by Gasteiger charge is 2.04. The van der Waals surface area contributed by atoms with E-state index in [0.717, 1.165) is 12.2 Å². The van der Waals surface area contributed by atoms with Gasteiger partial charge in [-0.1, -0.05) is 12.1 Å². The Hall–Kier alpha value is -1.53. The summed E-state index contributed by atoms with van der Waals surface area (Å²) < 4.78 is 4.98. The Morgan fingerprint density at radius 2 is 2.14 bits per heavy atom. The van der Waals surface area contributed by atoms with Gasteiger partial charge in [-0.25, -0.2) is 0 Å². The number of methoxy groups -OCH3 is 1. The molecule has 1 aromatic carbocycles. The molecule has 0 amide bonds. The lowest BCUT2D eigenvalue weighted by Crippen LogP contribution is -2.22. The van der Waals surface area contributed by atoms with Gasteiger partial charge in [0.2, 0.25) is 0 Å². The van der Waals surface area contributed by atoms with Gasteiger partial charge in [0.1, 0.15) is 6.07 Å². The molecule has 0 aliphatic rings. The third-order valence-electron chi connectivity index (χ3n) is 2.07. The highest BCUT2D eigenvalue weighted by Crippen LogP contribution is 2.17. The Morgan fingerprint density at radius 1 is 1.43 bits per heavy atom. The fraction of sp³-hybridized carbons (Fsp3) is 0.364. The molecule has 0 saturated heterocycles. The number of likely N-dealkylation sites (N-methyl/N-ethyl adjacent to an activating group) is 1. The number of ether oxygens (including phenoxy) is 1. The van der Waals surface area contributed by atoms with E-state index in [2.05, 4.69) is 6.07 Å². The molecule has 1 aromatic rings. The maximum absolute atomic E-state index is 8.88. The van der Waals surface area contributed by atoms with E-state index in [1.165, 1.54) is 0 Å². The normalized spacial score (nSPS) is 9.50. The minimum absolute atomic E-state index is 0.663. The van der Waals surface area contributed by atoms with Crippen LogP contribution in [0.2, 0.25) is 0 Å². The van der Waals surface area contributed by atoms with Crippen LogP contribution in [0, 0.1) is 11.3 Å². The highest BCUT2D eigenvalue weighted by molar-refractivity contribution is 5.58. The maximum Gasteiger partial charge on any atom is 0.101 e. The van der Waals surface area contributed by atoms with Crippen molar-refractivity contribution in [3.63, 3.8) is 0 Å². The number of para-hydroxylation sites is 1. The van der Waals surface area contributed by atoms with Crippen LogP contribution in [-0.2, 0) is 4.74 Å². The predicted octanol–water partition coefficient (Wildman–Crippen LogP) is 1.64. The van der Waals surface area contributed by atoms with Crippen molar-refractivity contribution >= 4 is 5.69 Å². The van der Waals surface area contributed by atoms with E-state index in [9.17, 15) is 0 Å². The van der Waals surface area contributed by atoms with Crippen molar-refractivity contribution < 1.29 is 4.74 Å². The monoisotopic (exact) mass is 190 g/mol. The van der Waals surface area contributed by atoms with Gasteiger partial charge in [-0.05, 0) is 12.1 Å². The van der Waals surface area contributed by atoms with E-state index >= 15 is 0 Å². The van der Waals surface area contributed by atoms with Crippen molar-refractivity contribution in [1.29, 1.82) is 5.26 Å². The molecule has 0 atom stereocenters. The first-order valence-corrected chi connectivity index (χ1v) is 4.48. The summed E-state index contributed by atoms with van der Waals surface area (Å²) in [6.07, 6.45) is 0. The van der Waals surface area contributed by atoms with Gasteiger partial charge in [0.25, 0.3) is 0 Å². The second-order valence-electron chi connectivity index (χ2n) is 3.04. The third-order valence-corrected chi connectivity index (χ3v) is 2.07. The number of anilines is 1. The second-order valence-corrected chi connectivity index (χ2v) is 3.04. The van der Waals surface area contributed by atoms with E-state index in [1.807, 2.05) is 36.2 Å². The smallest absolute Gasteiger partial charge is 0.101 e. The van der Waals surface area contributed by atoms with Crippen molar-refractivity contribution in [2.24, 2.45) is 0 Å². The van der Waals surface area contributed by atoms with Gasteiger partial charge in [0, 0.05) is 20.7 Å². The molecule has 3 heteroatoms. The fourth-order valence-electron chi connectivity index (χ4n) is 1.25. The van der Waals surface area contributed by atoms with Crippen LogP contribution in [0.25, 0.3) is 0 Å². The van der Waals surface area contributed by atoms with Crippen molar-refractivity contribution in [2.75, 3.05) is 32.2 Å². The number of nitrogens with zero attached hydrogens (tertiary/aromatic N) is 2. The molecule has 0 aliphatic carbocycles. The summed E-state index contributed by atoms with van der Waals surface area (Å²) in [5.74, 6) is 0. The Morgan fingerprint density at radius 3 is 2.79 bits per heavy atom. The summed E-state index contributed by atoms with van der Waals surface area (Å²) in [5.41, 5.74) is 1.65. The van der Waals surface area contributed by atoms with Crippen LogP contribution < -0.4 is 4.90 Å². The zero-order chi connectivity index (χ0) is 10.4. The summed E-state index contributed by atoms with van der Waals surface area (Å²) in [6.45, 7) is 1.45. The summed E-state index contributed by atoms with van der Waals surface area (Å²) in [4.78, 5) is 2.02. The maximum atomic E-state index is 8.88. The van der Waals surface area contributed by atoms with E-state index in [1.54, 1.807) is 7.11 Å². The molecule has 0 heterocycles. The third kappa shape index (κ3) is 2.48. The van der Waals surface area contributed by atoms with Gasteiger partial charge >= 0.3 is 0 Å². The molecule has 0 N–H and O–H groups in total. The zero-order valence-electron chi connectivity index (χ0n) is 8.53. The van der Waals surface area contributed by atoms with Gasteiger partial charge in [0.15, 0.2) is 0 Å². The topological polar surface area (TPSA) is 36.3 Å². The van der Waals surface area contributed by atoms with Crippen LogP contribution in [0.15, 0.2) is 24.3 Å². The molecule has 0 fully saturated rings. The van der Waals surface area contributed by atoms with Crippen molar-refractivity contribution in [1.82, 2.24) is 0 Å². The van der Waals surface area contributed by atoms with E-state index < -0.39 is 0 Å². The lowest BCUT2D eigenvalue weighted by molar-refractivity contribution is 0.206. The SMILES string of the molecule is COCCN(C)c1ccccc1C#N.